The third-order valence-electron chi connectivity index (χ3n) is 6.42. The largest absolute Gasteiger partial charge is 0.433 e. The van der Waals surface area contributed by atoms with Gasteiger partial charge in [0.05, 0.1) is 11.1 Å². The van der Waals surface area contributed by atoms with Gasteiger partial charge in [0.25, 0.3) is 0 Å². The second-order valence-corrected chi connectivity index (χ2v) is 10.5. The van der Waals surface area contributed by atoms with Gasteiger partial charge in [0.1, 0.15) is 22.8 Å². The molecule has 0 bridgehead atoms. The van der Waals surface area contributed by atoms with Crippen molar-refractivity contribution in [1.82, 2.24) is 35.3 Å². The summed E-state index contributed by atoms with van der Waals surface area (Å²) >= 11 is 1.36. The minimum Gasteiger partial charge on any atom is -0.383 e. The summed E-state index contributed by atoms with van der Waals surface area (Å²) in [6, 6.07) is 6.25. The number of halogens is 3. The molecule has 1 fully saturated rings. The molecular weight excluding hydrogens is 533 g/mol. The molecule has 10 nitrogen and oxygen atoms in total. The Hall–Kier alpha value is -3.91. The molecule has 3 aromatic heterocycles. The summed E-state index contributed by atoms with van der Waals surface area (Å²) in [5, 5.41) is 25.2. The quantitative estimate of drug-likeness (QED) is 0.308. The number of nitrogens with zero attached hydrogens (tertiary/aromatic N) is 6. The van der Waals surface area contributed by atoms with Gasteiger partial charge in [-0.05, 0) is 61.9 Å². The van der Waals surface area contributed by atoms with Crippen molar-refractivity contribution in [2.75, 3.05) is 5.32 Å². The molecule has 1 saturated carbocycles. The van der Waals surface area contributed by atoms with Gasteiger partial charge in [-0.1, -0.05) is 11.3 Å². The molecule has 204 valence electrons. The SMILES string of the molecule is Cc1cc(Nc2nccc(C(F)(F)F)n2)cc(-c2cnc(C3(O)CCC(NC(=O)Cn4ccnn4)CC3)s2)c1. The first-order chi connectivity index (χ1) is 18.6. The van der Waals surface area contributed by atoms with Gasteiger partial charge in [0.15, 0.2) is 0 Å². The molecule has 5 rings (SSSR count). The van der Waals surface area contributed by atoms with E-state index in [1.54, 1.807) is 24.5 Å². The Labute approximate surface area is 225 Å². The van der Waals surface area contributed by atoms with Crippen LogP contribution in [0.5, 0.6) is 0 Å². The van der Waals surface area contributed by atoms with Crippen molar-refractivity contribution in [3.8, 4) is 10.4 Å². The maximum absolute atomic E-state index is 13.0. The number of aromatic nitrogens is 6. The number of aryl methyl sites for hydroxylation is 1. The summed E-state index contributed by atoms with van der Waals surface area (Å²) in [6.07, 6.45) is 3.39. The number of carbonyl (C=O) groups excluding carboxylic acids is 1. The monoisotopic (exact) mass is 558 g/mol. The van der Waals surface area contributed by atoms with Gasteiger partial charge in [-0.3, -0.25) is 4.79 Å². The van der Waals surface area contributed by atoms with Crippen LogP contribution < -0.4 is 10.6 Å². The fourth-order valence-corrected chi connectivity index (χ4v) is 5.57. The minimum atomic E-state index is -4.57. The van der Waals surface area contributed by atoms with Crippen LogP contribution in [0.3, 0.4) is 0 Å². The van der Waals surface area contributed by atoms with E-state index in [2.05, 4.69) is 35.9 Å². The molecule has 0 radical (unpaired) electrons. The standard InChI is InChI=1S/C25H25F3N8O2S/c1-15-10-16(12-18(11-15)33-23-29-7-4-20(34-23)25(26,27)28)19-13-30-22(39-19)24(38)5-2-17(3-6-24)32-21(37)14-36-9-8-31-35-36/h4,7-13,17,38H,2-3,5-6,14H2,1H3,(H,32,37)(H,29,33,34). The van der Waals surface area contributed by atoms with E-state index in [0.717, 1.165) is 28.3 Å². The average Bonchev–Trinajstić information content (AvgIpc) is 3.58. The summed E-state index contributed by atoms with van der Waals surface area (Å²) in [5.41, 5.74) is 0.0637. The molecule has 1 amide bonds. The van der Waals surface area contributed by atoms with Gasteiger partial charge in [-0.2, -0.15) is 13.2 Å². The van der Waals surface area contributed by atoms with Crippen LogP contribution in [-0.2, 0) is 23.1 Å². The van der Waals surface area contributed by atoms with Crippen LogP contribution in [0.2, 0.25) is 0 Å². The molecule has 0 unspecified atom stereocenters. The fraction of sp³-hybridized carbons (Fsp3) is 0.360. The Bertz CT molecular complexity index is 1450. The first-order valence-electron chi connectivity index (χ1n) is 12.2. The van der Waals surface area contributed by atoms with Gasteiger partial charge >= 0.3 is 6.18 Å². The highest BCUT2D eigenvalue weighted by atomic mass is 32.1. The number of rotatable bonds is 7. The fourth-order valence-electron chi connectivity index (χ4n) is 4.52. The van der Waals surface area contributed by atoms with E-state index in [4.69, 9.17) is 0 Å². The number of thiazole rings is 1. The van der Waals surface area contributed by atoms with Crippen molar-refractivity contribution in [2.24, 2.45) is 0 Å². The van der Waals surface area contributed by atoms with Crippen LogP contribution in [0.15, 0.2) is 49.1 Å². The van der Waals surface area contributed by atoms with E-state index in [1.807, 2.05) is 13.0 Å². The topological polar surface area (TPSA) is 131 Å². The Morgan fingerprint density at radius 3 is 2.72 bits per heavy atom. The normalized spacial score (nSPS) is 19.6. The zero-order valence-corrected chi connectivity index (χ0v) is 21.6. The summed E-state index contributed by atoms with van der Waals surface area (Å²) in [4.78, 5) is 25.0. The van der Waals surface area contributed by atoms with Gasteiger partial charge < -0.3 is 15.7 Å². The van der Waals surface area contributed by atoms with Crippen LogP contribution in [0.4, 0.5) is 24.8 Å². The molecule has 14 heteroatoms. The Kier molecular flexibility index (Phi) is 7.32. The summed E-state index contributed by atoms with van der Waals surface area (Å²) in [7, 11) is 0. The summed E-state index contributed by atoms with van der Waals surface area (Å²) in [6.45, 7) is 1.96. The molecule has 39 heavy (non-hydrogen) atoms. The smallest absolute Gasteiger partial charge is 0.383 e. The van der Waals surface area contributed by atoms with Crippen molar-refractivity contribution >= 4 is 28.9 Å². The van der Waals surface area contributed by atoms with E-state index in [0.29, 0.717) is 36.4 Å². The van der Waals surface area contributed by atoms with Crippen LogP contribution >= 0.6 is 11.3 Å². The Balaban J connectivity index is 1.25. The third-order valence-corrected chi connectivity index (χ3v) is 7.66. The van der Waals surface area contributed by atoms with E-state index >= 15 is 0 Å². The third kappa shape index (κ3) is 6.40. The molecule has 3 heterocycles. The van der Waals surface area contributed by atoms with Gasteiger partial charge in [0.2, 0.25) is 11.9 Å². The van der Waals surface area contributed by atoms with E-state index in [9.17, 15) is 23.1 Å². The van der Waals surface area contributed by atoms with Gasteiger partial charge in [-0.25, -0.2) is 19.6 Å². The first-order valence-corrected chi connectivity index (χ1v) is 13.0. The molecule has 0 saturated heterocycles. The molecule has 0 aliphatic heterocycles. The van der Waals surface area contributed by atoms with E-state index < -0.39 is 17.5 Å². The molecule has 0 atom stereocenters. The number of alkyl halides is 3. The lowest BCUT2D eigenvalue weighted by Crippen LogP contribution is -2.43. The number of nitrogens with one attached hydrogen (secondary N) is 2. The Morgan fingerprint density at radius 1 is 1.21 bits per heavy atom. The molecule has 1 aliphatic rings. The predicted molar refractivity (Wildman–Crippen MR) is 137 cm³/mol. The van der Waals surface area contributed by atoms with Gasteiger partial charge in [-0.15, -0.1) is 16.4 Å². The van der Waals surface area contributed by atoms with Crippen LogP contribution in [0, 0.1) is 6.92 Å². The van der Waals surface area contributed by atoms with Crippen molar-refractivity contribution in [1.29, 1.82) is 0 Å². The number of amides is 1. The average molecular weight is 559 g/mol. The highest BCUT2D eigenvalue weighted by molar-refractivity contribution is 7.15. The highest BCUT2D eigenvalue weighted by Crippen LogP contribution is 2.41. The minimum absolute atomic E-state index is 0.0517. The van der Waals surface area contributed by atoms with Crippen LogP contribution in [0.1, 0.15) is 41.9 Å². The van der Waals surface area contributed by atoms with Crippen LogP contribution in [-0.4, -0.2) is 47.0 Å². The lowest BCUT2D eigenvalue weighted by atomic mass is 9.82. The van der Waals surface area contributed by atoms with Crippen LogP contribution in [0.25, 0.3) is 10.4 Å². The lowest BCUT2D eigenvalue weighted by Gasteiger charge is -2.34. The number of anilines is 2. The number of carbonyl (C=O) groups is 1. The molecule has 1 aromatic carbocycles. The lowest BCUT2D eigenvalue weighted by molar-refractivity contribution is -0.141. The van der Waals surface area contributed by atoms with Gasteiger partial charge in [0, 0.05) is 30.3 Å². The molecule has 4 aromatic rings. The zero-order valence-electron chi connectivity index (χ0n) is 20.8. The molecule has 0 spiro atoms. The van der Waals surface area contributed by atoms with Crippen molar-refractivity contribution < 1.29 is 23.1 Å². The number of hydrogen-bond acceptors (Lipinski definition) is 9. The molecule has 1 aliphatic carbocycles. The molecular formula is C25H25F3N8O2S. The number of benzene rings is 1. The maximum Gasteiger partial charge on any atom is 0.433 e. The predicted octanol–water partition coefficient (Wildman–Crippen LogP) is 4.21. The summed E-state index contributed by atoms with van der Waals surface area (Å²) in [5.74, 6) is -0.322. The highest BCUT2D eigenvalue weighted by Gasteiger charge is 2.38. The first kappa shape index (κ1) is 26.7. The maximum atomic E-state index is 13.0. The zero-order chi connectivity index (χ0) is 27.6. The second kappa shape index (κ2) is 10.7. The van der Waals surface area contributed by atoms with E-state index in [1.165, 1.54) is 22.2 Å². The Morgan fingerprint density at radius 2 is 2.00 bits per heavy atom. The second-order valence-electron chi connectivity index (χ2n) is 9.48. The summed E-state index contributed by atoms with van der Waals surface area (Å²) < 4.78 is 40.5. The number of aliphatic hydroxyl groups is 1. The van der Waals surface area contributed by atoms with Crippen molar-refractivity contribution in [3.05, 3.63) is 65.3 Å². The van der Waals surface area contributed by atoms with E-state index in [-0.39, 0.29) is 24.4 Å². The number of hydrogen-bond donors (Lipinski definition) is 3. The van der Waals surface area contributed by atoms with Crippen molar-refractivity contribution in [3.63, 3.8) is 0 Å². The molecule has 3 N–H and O–H groups in total. The van der Waals surface area contributed by atoms with Crippen molar-refractivity contribution in [2.45, 2.75) is 57.0 Å².